The monoisotopic (exact) mass is 478 g/mol. The lowest BCUT2D eigenvalue weighted by Gasteiger charge is -2.19. The van der Waals surface area contributed by atoms with Gasteiger partial charge in [-0.15, -0.1) is 0 Å². The molecule has 1 amide bonds. The lowest BCUT2D eigenvalue weighted by Crippen LogP contribution is -2.33. The molecule has 0 aliphatic rings. The minimum absolute atomic E-state index is 0.111. The molecule has 182 valence electrons. The van der Waals surface area contributed by atoms with Gasteiger partial charge in [0.05, 0.1) is 30.7 Å². The maximum atomic E-state index is 12.7. The van der Waals surface area contributed by atoms with Gasteiger partial charge in [-0.05, 0) is 24.5 Å². The van der Waals surface area contributed by atoms with Crippen molar-refractivity contribution in [1.82, 2.24) is 5.32 Å². The van der Waals surface area contributed by atoms with Crippen LogP contribution in [0.4, 0.5) is 5.69 Å². The summed E-state index contributed by atoms with van der Waals surface area (Å²) in [5.41, 5.74) is 1.07. The van der Waals surface area contributed by atoms with Gasteiger partial charge in [-0.2, -0.15) is 0 Å². The van der Waals surface area contributed by atoms with Gasteiger partial charge in [0.2, 0.25) is 0 Å². The minimum atomic E-state index is -1.02. The third-order valence-electron chi connectivity index (χ3n) is 5.15. The van der Waals surface area contributed by atoms with Crippen molar-refractivity contribution in [2.45, 2.75) is 19.4 Å². The van der Waals surface area contributed by atoms with Gasteiger partial charge >= 0.3 is 5.97 Å². The van der Waals surface area contributed by atoms with Crippen LogP contribution in [0.1, 0.15) is 34.5 Å². The molecule has 1 N–H and O–H groups in total. The number of hydrogen-bond donors (Lipinski definition) is 1. The van der Waals surface area contributed by atoms with E-state index in [-0.39, 0.29) is 29.7 Å². The van der Waals surface area contributed by atoms with Crippen LogP contribution < -0.4 is 14.8 Å². The van der Waals surface area contributed by atoms with Gasteiger partial charge in [0, 0.05) is 6.07 Å². The molecule has 1 atom stereocenters. The van der Waals surface area contributed by atoms with Crippen LogP contribution in [0.3, 0.4) is 0 Å². The first-order chi connectivity index (χ1) is 16.9. The van der Waals surface area contributed by atoms with Gasteiger partial charge in [-0.25, -0.2) is 4.79 Å². The summed E-state index contributed by atoms with van der Waals surface area (Å²) >= 11 is 0. The summed E-state index contributed by atoms with van der Waals surface area (Å²) in [7, 11) is 1.34. The zero-order chi connectivity index (χ0) is 25.2. The summed E-state index contributed by atoms with van der Waals surface area (Å²) in [5.74, 6) is -1.29. The van der Waals surface area contributed by atoms with Gasteiger partial charge in [0.1, 0.15) is 5.56 Å². The molecule has 0 aliphatic heterocycles. The van der Waals surface area contributed by atoms with Crippen LogP contribution in [-0.4, -0.2) is 37.1 Å². The average molecular weight is 479 g/mol. The third kappa shape index (κ3) is 6.80. The first-order valence-electron chi connectivity index (χ1n) is 11.0. The molecule has 9 nitrogen and oxygen atoms in total. The molecule has 0 saturated heterocycles. The van der Waals surface area contributed by atoms with Crippen molar-refractivity contribution in [3.05, 3.63) is 99.6 Å². The Balaban J connectivity index is 1.73. The number of nitrogens with zero attached hydrogens (tertiary/aromatic N) is 1. The predicted molar refractivity (Wildman–Crippen MR) is 129 cm³/mol. The lowest BCUT2D eigenvalue weighted by atomic mass is 9.99. The smallest absolute Gasteiger partial charge is 0.345 e. The van der Waals surface area contributed by atoms with Gasteiger partial charge < -0.3 is 19.5 Å². The highest BCUT2D eigenvalue weighted by Crippen LogP contribution is 2.35. The minimum Gasteiger partial charge on any atom is -0.493 e. The maximum Gasteiger partial charge on any atom is 0.345 e. The standard InChI is InChI=1S/C26H26N2O7/c1-3-34-24-15-20(22(28(31)32)16-23(24)33-2)26(30)35-17-25(29)27-21(19-12-8-5-9-13-19)14-18-10-6-4-7-11-18/h4-13,15-16,21H,3,14,17H2,1-2H3,(H,27,29). The molecule has 0 radical (unpaired) electrons. The second kappa shape index (κ2) is 12.2. The Morgan fingerprint density at radius 1 is 1.00 bits per heavy atom. The van der Waals surface area contributed by atoms with Crippen LogP contribution in [0, 0.1) is 10.1 Å². The van der Waals surface area contributed by atoms with Crippen molar-refractivity contribution >= 4 is 17.6 Å². The fraction of sp³-hybridized carbons (Fsp3) is 0.231. The Morgan fingerprint density at radius 3 is 2.26 bits per heavy atom. The molecule has 9 heteroatoms. The number of methoxy groups -OCH3 is 1. The first-order valence-corrected chi connectivity index (χ1v) is 11.0. The van der Waals surface area contributed by atoms with Crippen molar-refractivity contribution in [3.63, 3.8) is 0 Å². The van der Waals surface area contributed by atoms with E-state index in [0.717, 1.165) is 17.2 Å². The van der Waals surface area contributed by atoms with Gasteiger partial charge in [-0.3, -0.25) is 14.9 Å². The van der Waals surface area contributed by atoms with Gasteiger partial charge in [0.15, 0.2) is 18.1 Å². The van der Waals surface area contributed by atoms with Gasteiger partial charge in [-0.1, -0.05) is 60.7 Å². The topological polar surface area (TPSA) is 117 Å². The van der Waals surface area contributed by atoms with E-state index in [2.05, 4.69) is 5.32 Å². The van der Waals surface area contributed by atoms with E-state index < -0.39 is 29.1 Å². The number of ether oxygens (including phenoxy) is 3. The molecule has 35 heavy (non-hydrogen) atoms. The highest BCUT2D eigenvalue weighted by molar-refractivity contribution is 5.96. The number of nitro benzene ring substituents is 1. The summed E-state index contributed by atoms with van der Waals surface area (Å²) in [6.45, 7) is 1.37. The van der Waals surface area contributed by atoms with Crippen LogP contribution >= 0.6 is 0 Å². The Bertz CT molecular complexity index is 1170. The molecule has 0 fully saturated rings. The number of esters is 1. The van der Waals surface area contributed by atoms with E-state index in [1.165, 1.54) is 13.2 Å². The van der Waals surface area contributed by atoms with Crippen molar-refractivity contribution in [1.29, 1.82) is 0 Å². The van der Waals surface area contributed by atoms with Crippen molar-refractivity contribution < 1.29 is 28.7 Å². The number of carbonyl (C=O) groups excluding carboxylic acids is 2. The molecule has 3 aromatic rings. The van der Waals surface area contributed by atoms with Crippen molar-refractivity contribution in [3.8, 4) is 11.5 Å². The number of carbonyl (C=O) groups is 2. The average Bonchev–Trinajstić information content (AvgIpc) is 2.87. The van der Waals surface area contributed by atoms with E-state index in [0.29, 0.717) is 6.42 Å². The molecule has 0 aliphatic carbocycles. The molecule has 3 rings (SSSR count). The second-order valence-electron chi connectivity index (χ2n) is 7.51. The second-order valence-corrected chi connectivity index (χ2v) is 7.51. The summed E-state index contributed by atoms with van der Waals surface area (Å²) in [6.07, 6.45) is 0.534. The molecule has 0 heterocycles. The van der Waals surface area contributed by atoms with Crippen LogP contribution in [0.5, 0.6) is 11.5 Å². The van der Waals surface area contributed by atoms with Crippen LogP contribution in [0.25, 0.3) is 0 Å². The normalized spacial score (nSPS) is 11.3. The number of nitrogens with one attached hydrogen (secondary N) is 1. The molecule has 1 unspecified atom stereocenters. The first kappa shape index (κ1) is 25.2. The Morgan fingerprint density at radius 2 is 1.66 bits per heavy atom. The van der Waals surface area contributed by atoms with E-state index in [1.54, 1.807) is 6.92 Å². The fourth-order valence-electron chi connectivity index (χ4n) is 3.52. The highest BCUT2D eigenvalue weighted by Gasteiger charge is 2.26. The Kier molecular flexibility index (Phi) is 8.77. The third-order valence-corrected chi connectivity index (χ3v) is 5.15. The van der Waals surface area contributed by atoms with Gasteiger partial charge in [0.25, 0.3) is 11.6 Å². The number of amides is 1. The molecule has 3 aromatic carbocycles. The fourth-order valence-corrected chi connectivity index (χ4v) is 3.52. The van der Waals surface area contributed by atoms with E-state index >= 15 is 0 Å². The molecule has 0 bridgehead atoms. The SMILES string of the molecule is CCOc1cc(C(=O)OCC(=O)NC(Cc2ccccc2)c2ccccc2)c([N+](=O)[O-])cc1OC. The molecular weight excluding hydrogens is 452 g/mol. The van der Waals surface area contributed by atoms with Crippen LogP contribution in [0.2, 0.25) is 0 Å². The largest absolute Gasteiger partial charge is 0.493 e. The molecule has 0 spiro atoms. The molecular formula is C26H26N2O7. The van der Waals surface area contributed by atoms with E-state index in [9.17, 15) is 19.7 Å². The van der Waals surface area contributed by atoms with E-state index in [4.69, 9.17) is 14.2 Å². The Hall–Kier alpha value is -4.40. The highest BCUT2D eigenvalue weighted by atomic mass is 16.6. The van der Waals surface area contributed by atoms with E-state index in [1.807, 2.05) is 60.7 Å². The zero-order valence-electron chi connectivity index (χ0n) is 19.4. The zero-order valence-corrected chi connectivity index (χ0v) is 19.4. The predicted octanol–water partition coefficient (Wildman–Crippen LogP) is 4.26. The van der Waals surface area contributed by atoms with Crippen molar-refractivity contribution in [2.24, 2.45) is 0 Å². The molecule has 0 aromatic heterocycles. The Labute approximate surface area is 202 Å². The van der Waals surface area contributed by atoms with Crippen LogP contribution in [0.15, 0.2) is 72.8 Å². The summed E-state index contributed by atoms with van der Waals surface area (Å²) < 4.78 is 15.6. The number of hydrogen-bond acceptors (Lipinski definition) is 7. The van der Waals surface area contributed by atoms with Crippen LogP contribution in [-0.2, 0) is 16.0 Å². The molecule has 0 saturated carbocycles. The maximum absolute atomic E-state index is 12.7. The number of benzene rings is 3. The lowest BCUT2D eigenvalue weighted by molar-refractivity contribution is -0.385. The number of rotatable bonds is 11. The summed E-state index contributed by atoms with van der Waals surface area (Å²) in [4.78, 5) is 36.1. The van der Waals surface area contributed by atoms with Crippen molar-refractivity contribution in [2.75, 3.05) is 20.3 Å². The summed E-state index contributed by atoms with van der Waals surface area (Å²) in [6, 6.07) is 21.0. The number of nitro groups is 1. The quantitative estimate of drug-likeness (QED) is 0.249. The summed E-state index contributed by atoms with van der Waals surface area (Å²) in [5, 5.41) is 14.4.